The maximum absolute atomic E-state index is 13.8. The van der Waals surface area contributed by atoms with Crippen LogP contribution in [0.1, 0.15) is 12.8 Å². The molecule has 4 unspecified atom stereocenters. The molecular weight excluding hydrogens is 1950 g/mol. The van der Waals surface area contributed by atoms with Gasteiger partial charge in [0, 0.05) is 30.4 Å². The molecular formula is C50H30F60O13. The third-order valence-electron chi connectivity index (χ3n) is 12.0. The van der Waals surface area contributed by atoms with Gasteiger partial charge in [0.15, 0.2) is 19.8 Å². The molecule has 0 amide bonds. The zero-order valence-corrected chi connectivity index (χ0v) is 55.9. The molecule has 0 spiro atoms. The molecule has 0 aliphatic carbocycles. The lowest BCUT2D eigenvalue weighted by atomic mass is 9.85. The second-order valence-corrected chi connectivity index (χ2v) is 20.9. The van der Waals surface area contributed by atoms with Gasteiger partial charge in [0.1, 0.15) is 0 Å². The Morgan fingerprint density at radius 1 is 0.244 bits per heavy atom. The van der Waals surface area contributed by atoms with Crippen LogP contribution in [-0.4, -0.2) is 231 Å². The van der Waals surface area contributed by atoms with Crippen molar-refractivity contribution in [2.45, 2.75) is 181 Å². The fourth-order valence-electron chi connectivity index (χ4n) is 5.63. The molecule has 0 aromatic rings. The molecule has 0 aliphatic rings. The molecule has 0 heterocycles. The van der Waals surface area contributed by atoms with Gasteiger partial charge < -0.3 is 23.7 Å². The monoisotopic (exact) mass is 1980 g/mol. The van der Waals surface area contributed by atoms with Crippen LogP contribution >= 0.6 is 0 Å². The summed E-state index contributed by atoms with van der Waals surface area (Å²) >= 11 is 0. The highest BCUT2D eigenvalue weighted by atomic mass is 19.5. The molecule has 0 saturated heterocycles. The van der Waals surface area contributed by atoms with E-state index in [0.717, 1.165) is 0 Å². The van der Waals surface area contributed by atoms with E-state index in [0.29, 0.717) is 12.2 Å². The molecule has 4 atom stereocenters. The first-order chi connectivity index (χ1) is 53.0. The van der Waals surface area contributed by atoms with E-state index in [1.54, 1.807) is 0 Å². The van der Waals surface area contributed by atoms with E-state index in [-0.39, 0.29) is 18.2 Å². The first-order valence-electron chi connectivity index (χ1n) is 27.4. The smallest absolute Gasteiger partial charge is 0.462 e. The molecule has 0 rings (SSSR count). The summed E-state index contributed by atoms with van der Waals surface area (Å²) in [7, 11) is 0. The summed E-state index contributed by atoms with van der Waals surface area (Å²) in [4.78, 5) is 52.3. The summed E-state index contributed by atoms with van der Waals surface area (Å²) in [5, 5.41) is 0. The molecule has 728 valence electrons. The Morgan fingerprint density at radius 3 is 0.699 bits per heavy atom. The van der Waals surface area contributed by atoms with E-state index in [4.69, 9.17) is 0 Å². The number of alkyl halides is 60. The highest BCUT2D eigenvalue weighted by molar-refractivity contribution is 5.82. The summed E-state index contributed by atoms with van der Waals surface area (Å²) in [6.07, 6.45) is -104. The van der Waals surface area contributed by atoms with Crippen molar-refractivity contribution in [1.82, 2.24) is 0 Å². The normalized spacial score (nSPS) is 16.1. The summed E-state index contributed by atoms with van der Waals surface area (Å²) in [5.74, 6) is -92.6. The van der Waals surface area contributed by atoms with Gasteiger partial charge in [-0.2, -0.15) is 250 Å². The maximum Gasteiger partial charge on any atom is 0.462 e. The molecule has 0 N–H and O–H groups in total. The minimum Gasteiger partial charge on any atom is -0.462 e. The lowest BCUT2D eigenvalue weighted by Crippen LogP contribution is -2.75. The van der Waals surface area contributed by atoms with Crippen LogP contribution in [0.4, 0.5) is 263 Å². The Labute approximate surface area is 633 Å². The van der Waals surface area contributed by atoms with Crippen LogP contribution in [0.15, 0.2) is 63.3 Å². The molecule has 0 aromatic heterocycles. The van der Waals surface area contributed by atoms with Crippen molar-refractivity contribution in [3.8, 4) is 0 Å². The van der Waals surface area contributed by atoms with Gasteiger partial charge in [0.05, 0.1) is 26.1 Å². The van der Waals surface area contributed by atoms with Crippen molar-refractivity contribution in [1.29, 1.82) is 0 Å². The molecule has 0 bridgehead atoms. The van der Waals surface area contributed by atoms with E-state index >= 15 is 0 Å². The molecule has 13 nitrogen and oxygen atoms in total. The van der Waals surface area contributed by atoms with Crippen LogP contribution in [0.3, 0.4) is 0 Å². The van der Waals surface area contributed by atoms with Crippen LogP contribution in [0.2, 0.25) is 0 Å². The van der Waals surface area contributed by atoms with Crippen LogP contribution < -0.4 is 0 Å². The Morgan fingerprint density at radius 2 is 0.472 bits per heavy atom. The van der Waals surface area contributed by atoms with Gasteiger partial charge in [-0.3, -0.25) is 14.2 Å². The van der Waals surface area contributed by atoms with Crippen molar-refractivity contribution < 1.29 is 325 Å². The quantitative estimate of drug-likeness (QED) is 0.0265. The van der Waals surface area contributed by atoms with Crippen molar-refractivity contribution >= 4 is 29.8 Å². The van der Waals surface area contributed by atoms with E-state index in [2.05, 4.69) is 61.3 Å². The lowest BCUT2D eigenvalue weighted by molar-refractivity contribution is -0.552. The molecule has 0 aliphatic heterocycles. The Hall–Kier alpha value is -8.27. The van der Waals surface area contributed by atoms with E-state index in [1.807, 2.05) is 4.74 Å². The number of ether oxygens (including phenoxy) is 8. The average molecular weight is 1980 g/mol. The Kier molecular flexibility index (Phi) is 39.4. The van der Waals surface area contributed by atoms with Crippen LogP contribution in [0.25, 0.3) is 0 Å². The van der Waals surface area contributed by atoms with E-state index in [1.165, 1.54) is 4.74 Å². The first kappa shape index (κ1) is 123. The lowest BCUT2D eigenvalue weighted by Gasteiger charge is -2.43. The second-order valence-electron chi connectivity index (χ2n) is 20.9. The van der Waals surface area contributed by atoms with Crippen LogP contribution in [0.5, 0.6) is 0 Å². The van der Waals surface area contributed by atoms with Crippen molar-refractivity contribution in [2.75, 3.05) is 33.0 Å². The van der Waals surface area contributed by atoms with Gasteiger partial charge in [0.2, 0.25) is 0 Å². The Bertz CT molecular complexity index is 3480. The summed E-state index contributed by atoms with van der Waals surface area (Å²) in [5.41, 5.74) is -15.8. The molecule has 73 heteroatoms. The molecule has 0 aromatic carbocycles. The third kappa shape index (κ3) is 27.9. The fraction of sp³-hybridized carbons (Fsp3) is 0.700. The van der Waals surface area contributed by atoms with Gasteiger partial charge in [-0.05, 0) is 0 Å². The zero-order chi connectivity index (χ0) is 101. The highest BCUT2D eigenvalue weighted by Crippen LogP contribution is 2.66. The van der Waals surface area contributed by atoms with E-state index in [9.17, 15) is 287 Å². The fourth-order valence-corrected chi connectivity index (χ4v) is 5.63. The van der Waals surface area contributed by atoms with Gasteiger partial charge in [-0.1, -0.05) is 32.9 Å². The summed E-state index contributed by atoms with van der Waals surface area (Å²) < 4.78 is 780. The number of carbonyl (C=O) groups excluding carboxylic acids is 5. The minimum absolute atomic E-state index is 0.0764. The number of esters is 5. The summed E-state index contributed by atoms with van der Waals surface area (Å²) in [6, 6.07) is 0. The molecule has 123 heavy (non-hydrogen) atoms. The van der Waals surface area contributed by atoms with E-state index < -0.39 is 244 Å². The number of carbonyl (C=O) groups is 5. The van der Waals surface area contributed by atoms with Crippen molar-refractivity contribution in [2.24, 2.45) is 0 Å². The minimum atomic E-state index is -8.46. The standard InChI is InChI=1S/C12H5F17O4.C12H7F15O2.C10H7F11O2.C9H5F11O3.C7H6F6O2/c1-2-4(30)31-3-5(13,8(17,18)19)32-12(28,29)7(16,10(23,24)25)33-11(26,27)6(14,15)9(20,21)22;1-2-5(28)29-4-3-6(13,14)8(16,17)10(20,21)9(18,19)7(15,11(22,23)24)12(25,26)27;1-2-5(22)23-4-3-6(11,12)8(14,15)7(13,9(16,17)18)10(19,20)21;1-2-4(21)22-3-5(10,7(13,14)15)23-9(19,20)6(11,12)8(16,17)18;1-2-4(14)15-3-6(9,10)5(8)7(11,12)13/h2H,1,3H2;2H,1,3-4H2;2H,1,3-4H2;2H,1,3H2;2,5H,1,3H2. The Balaban J connectivity index is -0.000000481. The number of rotatable bonds is 33. The second kappa shape index (κ2) is 39.3. The number of halogens is 60. The number of hydrogen-bond acceptors (Lipinski definition) is 13. The molecule has 0 saturated carbocycles. The van der Waals surface area contributed by atoms with Crippen molar-refractivity contribution in [3.05, 3.63) is 63.3 Å². The summed E-state index contributed by atoms with van der Waals surface area (Å²) in [6.45, 7) is 1.84. The predicted octanol–water partition coefficient (Wildman–Crippen LogP) is 21.3. The van der Waals surface area contributed by atoms with Crippen LogP contribution in [0, 0.1) is 0 Å². The van der Waals surface area contributed by atoms with Gasteiger partial charge in [-0.25, -0.2) is 37.1 Å². The third-order valence-corrected chi connectivity index (χ3v) is 12.0. The van der Waals surface area contributed by atoms with Gasteiger partial charge in [-0.15, -0.1) is 0 Å². The zero-order valence-electron chi connectivity index (χ0n) is 55.9. The average Bonchev–Trinajstić information content (AvgIpc) is 0.696. The predicted molar refractivity (Wildman–Crippen MR) is 262 cm³/mol. The van der Waals surface area contributed by atoms with Crippen LogP contribution in [-0.2, 0) is 61.9 Å². The van der Waals surface area contributed by atoms with Gasteiger partial charge in [0.25, 0.3) is 6.17 Å². The van der Waals surface area contributed by atoms with Crippen molar-refractivity contribution in [3.63, 3.8) is 0 Å². The highest BCUT2D eigenvalue weighted by Gasteiger charge is 2.96. The SMILES string of the molecule is C=CC(=O)OCC(F)(F)C(F)C(F)(F)F.C=CC(=O)OCC(F)(OC(F)(F)C(F)(F)C(F)(F)F)C(F)(F)F.C=CC(=O)OCC(F)(OC(F)(F)C(F)(OC(F)(F)C(F)(F)C(F)(F)F)C(F)(F)F)C(F)(F)F.C=CC(=O)OCCC(F)(F)C(F)(F)C(F)(C(F)(F)F)C(F)(F)F.C=CC(=O)OCCC(F)(F)C(F)(F)C(F)(F)C(F)(F)C(F)(C(F)(F)F)C(F)(F)F. The van der Waals surface area contributed by atoms with Gasteiger partial charge >= 0.3 is 192 Å². The number of hydrogen-bond donors (Lipinski definition) is 0. The molecule has 0 radical (unpaired) electrons. The topological polar surface area (TPSA) is 159 Å². The largest absolute Gasteiger partial charge is 0.462 e. The molecule has 0 fully saturated rings. The first-order valence-corrected chi connectivity index (χ1v) is 27.4. The maximum atomic E-state index is 13.8.